The van der Waals surface area contributed by atoms with Gasteiger partial charge in [-0.15, -0.1) is 0 Å². The van der Waals surface area contributed by atoms with E-state index in [2.05, 4.69) is 52.6 Å². The monoisotopic (exact) mass is 257 g/mol. The maximum absolute atomic E-state index is 6.32. The van der Waals surface area contributed by atoms with Gasteiger partial charge in [-0.05, 0) is 36.9 Å². The van der Waals surface area contributed by atoms with Gasteiger partial charge < -0.3 is 4.43 Å². The second-order valence-electron chi connectivity index (χ2n) is 7.30. The summed E-state index contributed by atoms with van der Waals surface area (Å²) in [6.45, 7) is 18.3. The first kappa shape index (κ1) is 15.2. The molecule has 3 heteroatoms. The predicted molar refractivity (Wildman–Crippen MR) is 77.7 cm³/mol. The lowest BCUT2D eigenvalue weighted by atomic mass is 10.0. The molecule has 0 N–H and O–H groups in total. The molecule has 0 radical (unpaired) electrons. The Bertz CT molecular complexity index is 245. The van der Waals surface area contributed by atoms with Crippen molar-refractivity contribution in [1.82, 2.24) is 4.90 Å². The van der Waals surface area contributed by atoms with Crippen molar-refractivity contribution in [2.24, 2.45) is 5.92 Å². The first-order valence-corrected chi connectivity index (χ1v) is 9.94. The maximum Gasteiger partial charge on any atom is 0.193 e. The third-order valence-corrected chi connectivity index (χ3v) is 9.04. The van der Waals surface area contributed by atoms with Crippen LogP contribution < -0.4 is 0 Å². The molecule has 1 aliphatic heterocycles. The Labute approximate surface area is 109 Å². The van der Waals surface area contributed by atoms with Crippen LogP contribution in [0.25, 0.3) is 0 Å². The van der Waals surface area contributed by atoms with Crippen LogP contribution in [0.3, 0.4) is 0 Å². The zero-order valence-corrected chi connectivity index (χ0v) is 13.8. The molecule has 0 aromatic carbocycles. The molecule has 0 saturated carbocycles. The van der Waals surface area contributed by atoms with Crippen LogP contribution >= 0.6 is 0 Å². The summed E-state index contributed by atoms with van der Waals surface area (Å²) in [5.41, 5.74) is 0. The quantitative estimate of drug-likeness (QED) is 0.704. The van der Waals surface area contributed by atoms with E-state index < -0.39 is 8.32 Å². The molecule has 0 aromatic rings. The van der Waals surface area contributed by atoms with Gasteiger partial charge in [0.2, 0.25) is 0 Å². The lowest BCUT2D eigenvalue weighted by Gasteiger charge is -2.38. The number of hydrogen-bond acceptors (Lipinski definition) is 2. The predicted octanol–water partition coefficient (Wildman–Crippen LogP) is 4.09. The fourth-order valence-corrected chi connectivity index (χ4v) is 3.15. The molecule has 0 amide bonds. The molecule has 0 aromatic heterocycles. The van der Waals surface area contributed by atoms with Crippen molar-refractivity contribution in [1.29, 1.82) is 0 Å². The lowest BCUT2D eigenvalue weighted by molar-refractivity contribution is 0.0850. The minimum atomic E-state index is -1.58. The van der Waals surface area contributed by atoms with E-state index >= 15 is 0 Å². The Hall–Kier alpha value is 0.137. The maximum atomic E-state index is 6.32. The largest absolute Gasteiger partial charge is 0.404 e. The standard InChI is InChI=1S/C14H31NOSi/c1-12(2)13-9-8-10-15(13)11-16-17(6,7)14(3,4)5/h12-13H,8-11H2,1-7H3. The van der Waals surface area contributed by atoms with Crippen LogP contribution in [0.1, 0.15) is 47.5 Å². The van der Waals surface area contributed by atoms with Gasteiger partial charge in [-0.3, -0.25) is 4.90 Å². The zero-order valence-electron chi connectivity index (χ0n) is 12.8. The molecule has 1 unspecified atom stereocenters. The van der Waals surface area contributed by atoms with E-state index in [1.54, 1.807) is 0 Å². The number of hydrogen-bond donors (Lipinski definition) is 0. The van der Waals surface area contributed by atoms with Gasteiger partial charge in [0.15, 0.2) is 8.32 Å². The average molecular weight is 257 g/mol. The summed E-state index contributed by atoms with van der Waals surface area (Å²) in [5.74, 6) is 0.750. The summed E-state index contributed by atoms with van der Waals surface area (Å²) in [6, 6.07) is 0.736. The van der Waals surface area contributed by atoms with E-state index in [1.165, 1.54) is 19.4 Å². The van der Waals surface area contributed by atoms with Crippen molar-refractivity contribution in [3.8, 4) is 0 Å². The molecule has 102 valence electrons. The molecule has 1 fully saturated rings. The summed E-state index contributed by atoms with van der Waals surface area (Å²) in [6.07, 6.45) is 2.68. The molecule has 17 heavy (non-hydrogen) atoms. The first-order valence-electron chi connectivity index (χ1n) is 7.03. The van der Waals surface area contributed by atoms with E-state index in [1.807, 2.05) is 0 Å². The van der Waals surface area contributed by atoms with E-state index in [9.17, 15) is 0 Å². The minimum Gasteiger partial charge on any atom is -0.404 e. The van der Waals surface area contributed by atoms with Crippen molar-refractivity contribution < 1.29 is 4.43 Å². The molecule has 0 aliphatic carbocycles. The van der Waals surface area contributed by atoms with Crippen molar-refractivity contribution in [3.63, 3.8) is 0 Å². The average Bonchev–Trinajstić information content (AvgIpc) is 2.60. The van der Waals surface area contributed by atoms with Gasteiger partial charge in [0.25, 0.3) is 0 Å². The summed E-state index contributed by atoms with van der Waals surface area (Å²) in [4.78, 5) is 2.55. The third-order valence-electron chi connectivity index (χ3n) is 4.58. The Kier molecular flexibility index (Phi) is 4.84. The van der Waals surface area contributed by atoms with Crippen LogP contribution in [0.5, 0.6) is 0 Å². The molecule has 1 saturated heterocycles. The van der Waals surface area contributed by atoms with Crippen molar-refractivity contribution in [3.05, 3.63) is 0 Å². The molecule has 1 atom stereocenters. The summed E-state index contributed by atoms with van der Waals surface area (Å²) < 4.78 is 6.32. The molecule has 0 spiro atoms. The molecule has 1 aliphatic rings. The second kappa shape index (κ2) is 5.41. The van der Waals surface area contributed by atoms with Crippen LogP contribution in [0.15, 0.2) is 0 Å². The van der Waals surface area contributed by atoms with Gasteiger partial charge in [-0.2, -0.15) is 0 Å². The fraction of sp³-hybridized carbons (Fsp3) is 1.00. The summed E-state index contributed by atoms with van der Waals surface area (Å²) in [5, 5.41) is 0.319. The highest BCUT2D eigenvalue weighted by atomic mass is 28.4. The van der Waals surface area contributed by atoms with E-state index in [0.29, 0.717) is 5.04 Å². The molecule has 0 bridgehead atoms. The Balaban J connectivity index is 2.51. The number of likely N-dealkylation sites (tertiary alicyclic amines) is 1. The summed E-state index contributed by atoms with van der Waals surface area (Å²) >= 11 is 0. The van der Waals surface area contributed by atoms with Gasteiger partial charge in [0, 0.05) is 12.6 Å². The topological polar surface area (TPSA) is 12.5 Å². The number of nitrogens with zero attached hydrogens (tertiary/aromatic N) is 1. The van der Waals surface area contributed by atoms with Gasteiger partial charge >= 0.3 is 0 Å². The van der Waals surface area contributed by atoms with Crippen LogP contribution in [0, 0.1) is 5.92 Å². The minimum absolute atomic E-state index is 0.319. The normalized spacial score (nSPS) is 23.6. The zero-order chi connectivity index (χ0) is 13.3. The van der Waals surface area contributed by atoms with Gasteiger partial charge in [-0.1, -0.05) is 34.6 Å². The SMILES string of the molecule is CC(C)C1CCCN1CO[Si](C)(C)C(C)(C)C. The van der Waals surface area contributed by atoms with Crippen molar-refractivity contribution in [2.75, 3.05) is 13.3 Å². The highest BCUT2D eigenvalue weighted by Gasteiger charge is 2.38. The molecular formula is C14H31NOSi. The Morgan fingerprint density at radius 3 is 2.35 bits per heavy atom. The molecule has 1 rings (SSSR count). The number of rotatable bonds is 4. The van der Waals surface area contributed by atoms with Gasteiger partial charge in [0.05, 0.1) is 6.73 Å². The van der Waals surface area contributed by atoms with E-state index in [-0.39, 0.29) is 0 Å². The Morgan fingerprint density at radius 1 is 1.29 bits per heavy atom. The van der Waals surface area contributed by atoms with Crippen molar-refractivity contribution in [2.45, 2.75) is 71.6 Å². The molecule has 1 heterocycles. The van der Waals surface area contributed by atoms with Crippen LogP contribution in [-0.4, -0.2) is 32.5 Å². The lowest BCUT2D eigenvalue weighted by Crippen LogP contribution is -2.45. The van der Waals surface area contributed by atoms with Gasteiger partial charge in [0.1, 0.15) is 0 Å². The third kappa shape index (κ3) is 3.80. The molecular weight excluding hydrogens is 226 g/mol. The van der Waals surface area contributed by atoms with E-state index in [0.717, 1.165) is 18.7 Å². The highest BCUT2D eigenvalue weighted by molar-refractivity contribution is 6.74. The van der Waals surface area contributed by atoms with Gasteiger partial charge in [-0.25, -0.2) is 0 Å². The highest BCUT2D eigenvalue weighted by Crippen LogP contribution is 2.37. The second-order valence-corrected chi connectivity index (χ2v) is 12.1. The van der Waals surface area contributed by atoms with Crippen LogP contribution in [-0.2, 0) is 4.43 Å². The smallest absolute Gasteiger partial charge is 0.193 e. The first-order chi connectivity index (χ1) is 7.65. The molecule has 2 nitrogen and oxygen atoms in total. The van der Waals surface area contributed by atoms with Crippen molar-refractivity contribution >= 4 is 8.32 Å². The van der Waals surface area contributed by atoms with E-state index in [4.69, 9.17) is 4.43 Å². The van der Waals surface area contributed by atoms with Crippen LogP contribution in [0.2, 0.25) is 18.1 Å². The Morgan fingerprint density at radius 2 is 1.88 bits per heavy atom. The van der Waals surface area contributed by atoms with Crippen LogP contribution in [0.4, 0.5) is 0 Å². The fourth-order valence-electron chi connectivity index (χ4n) is 2.23. The summed E-state index contributed by atoms with van der Waals surface area (Å²) in [7, 11) is -1.58.